The zero-order valence-electron chi connectivity index (χ0n) is 25.3. The number of aromatic nitrogens is 4. The summed E-state index contributed by atoms with van der Waals surface area (Å²) in [7, 11) is 0. The molecule has 5 rings (SSSR count). The number of rotatable bonds is 6. The number of hydrogen-bond acceptors (Lipinski definition) is 7. The fourth-order valence-electron chi connectivity index (χ4n) is 5.22. The Balaban J connectivity index is 1.86. The van der Waals surface area contributed by atoms with Gasteiger partial charge in [0.15, 0.2) is 11.9 Å². The third-order valence-corrected chi connectivity index (χ3v) is 7.52. The molecule has 41 heavy (non-hydrogen) atoms. The Kier molecular flexibility index (Phi) is 7.02. The van der Waals surface area contributed by atoms with Crippen molar-refractivity contribution in [2.75, 3.05) is 24.5 Å². The summed E-state index contributed by atoms with van der Waals surface area (Å²) in [6.07, 6.45) is 2.00. The molecular weight excluding hydrogens is 540 g/mol. The molecule has 1 atom stereocenters. The zero-order chi connectivity index (χ0) is 31.2. The van der Waals surface area contributed by atoms with Gasteiger partial charge in [-0.1, -0.05) is 56.3 Å². The number of nitrogens with zero attached hydrogens (tertiary/aromatic N) is 6. The summed E-state index contributed by atoms with van der Waals surface area (Å²) >= 11 is 6.84. The molecule has 0 radical (unpaired) electrons. The SMILES string of the molecule is [2H]C(=O)c1ccccc1-c1nc2c(cc1Cl)c(N1CCN(C(=O)C=C)C[C@]1([2H])C)nc(=O)n2-c1c(C)ccnc1C(C)C. The Morgan fingerprint density at radius 2 is 2.00 bits per heavy atom. The molecule has 1 saturated heterocycles. The smallest absolute Gasteiger partial charge is 0.350 e. The second-order valence-corrected chi connectivity index (χ2v) is 10.7. The molecule has 0 bridgehead atoms. The molecule has 1 amide bonds. The van der Waals surface area contributed by atoms with Gasteiger partial charge in [-0.15, -0.1) is 0 Å². The van der Waals surface area contributed by atoms with Crippen molar-refractivity contribution in [3.05, 3.63) is 87.6 Å². The predicted molar refractivity (Wildman–Crippen MR) is 161 cm³/mol. The van der Waals surface area contributed by atoms with Gasteiger partial charge in [-0.3, -0.25) is 14.6 Å². The monoisotopic (exact) mass is 572 g/mol. The molecule has 3 aromatic heterocycles. The van der Waals surface area contributed by atoms with E-state index in [1.54, 1.807) is 48.4 Å². The number of hydrogen-bond donors (Lipinski definition) is 0. The third-order valence-electron chi connectivity index (χ3n) is 7.23. The summed E-state index contributed by atoms with van der Waals surface area (Å²) in [4.78, 5) is 55.8. The number of halogens is 1. The van der Waals surface area contributed by atoms with Crippen LogP contribution in [0, 0.1) is 6.92 Å². The standard InChI is InChI=1S/C31H31ClN6O3/c1-6-25(40)36-13-14-37(20(5)16-36)29-23-15-24(32)27(22-10-8-7-9-21(22)17-39)34-30(23)38(31(41)35-29)28-19(4)11-12-33-26(28)18(2)3/h6-12,15,17-18,20H,1,13-14,16H2,2-5H3/t20-/m0/s1/i17D,20D. The maximum atomic E-state index is 14.1. The van der Waals surface area contributed by atoms with E-state index in [9.17, 15) is 14.4 Å². The summed E-state index contributed by atoms with van der Waals surface area (Å²) in [5.41, 5.74) is 2.23. The van der Waals surface area contributed by atoms with Crippen LogP contribution in [0.3, 0.4) is 0 Å². The van der Waals surface area contributed by atoms with Crippen molar-refractivity contribution in [1.82, 2.24) is 24.4 Å². The number of aldehydes is 1. The maximum absolute atomic E-state index is 14.1. The number of pyridine rings is 2. The molecule has 1 aromatic carbocycles. The first-order valence-electron chi connectivity index (χ1n) is 14.2. The summed E-state index contributed by atoms with van der Waals surface area (Å²) in [6.45, 7) is 11.6. The van der Waals surface area contributed by atoms with Crippen LogP contribution in [0.25, 0.3) is 28.0 Å². The van der Waals surface area contributed by atoms with Crippen molar-refractivity contribution in [1.29, 1.82) is 0 Å². The van der Waals surface area contributed by atoms with Gasteiger partial charge in [0.05, 0.1) is 28.9 Å². The van der Waals surface area contributed by atoms with Crippen LogP contribution >= 0.6 is 11.6 Å². The lowest BCUT2D eigenvalue weighted by Gasteiger charge is -2.40. The highest BCUT2D eigenvalue weighted by Crippen LogP contribution is 2.36. The van der Waals surface area contributed by atoms with E-state index in [4.69, 9.17) is 19.3 Å². The summed E-state index contributed by atoms with van der Waals surface area (Å²) < 4.78 is 18.3. The molecule has 9 nitrogen and oxygen atoms in total. The van der Waals surface area contributed by atoms with Gasteiger partial charge in [0.1, 0.15) is 7.19 Å². The number of fused-ring (bicyclic) bond motifs is 1. The normalized spacial score (nSPS) is 17.9. The van der Waals surface area contributed by atoms with E-state index < -0.39 is 18.0 Å². The average molecular weight is 573 g/mol. The first-order chi connectivity index (χ1) is 20.4. The van der Waals surface area contributed by atoms with Crippen molar-refractivity contribution < 1.29 is 12.3 Å². The summed E-state index contributed by atoms with van der Waals surface area (Å²) in [5.74, 6) is -0.119. The summed E-state index contributed by atoms with van der Waals surface area (Å²) in [5, 5.41) is 0.580. The molecule has 1 aliphatic rings. The predicted octanol–water partition coefficient (Wildman–Crippen LogP) is 4.96. The third kappa shape index (κ3) is 5.02. The van der Waals surface area contributed by atoms with E-state index in [0.717, 1.165) is 5.56 Å². The second-order valence-electron chi connectivity index (χ2n) is 10.3. The molecule has 0 N–H and O–H groups in total. The number of carbonyl (C=O) groups is 2. The van der Waals surface area contributed by atoms with E-state index in [0.29, 0.717) is 28.9 Å². The van der Waals surface area contributed by atoms with Gasteiger partial charge in [0, 0.05) is 43.0 Å². The van der Waals surface area contributed by atoms with Crippen molar-refractivity contribution in [2.24, 2.45) is 0 Å². The minimum absolute atomic E-state index is 0.0445. The minimum Gasteiger partial charge on any atom is -0.350 e. The highest BCUT2D eigenvalue weighted by atomic mass is 35.5. The molecule has 0 unspecified atom stereocenters. The van der Waals surface area contributed by atoms with Crippen molar-refractivity contribution in [2.45, 2.75) is 39.6 Å². The topological polar surface area (TPSA) is 101 Å². The molecule has 4 heterocycles. The minimum atomic E-state index is -1.35. The first kappa shape index (κ1) is 25.6. The second kappa shape index (κ2) is 11.2. The average Bonchev–Trinajstić information content (AvgIpc) is 2.96. The summed E-state index contributed by atoms with van der Waals surface area (Å²) in [6, 6.07) is 8.62. The highest BCUT2D eigenvalue weighted by Gasteiger charge is 2.30. The fourth-order valence-corrected chi connectivity index (χ4v) is 5.47. The number of aryl methyl sites for hydroxylation is 1. The Bertz CT molecular complexity index is 1860. The van der Waals surface area contributed by atoms with Crippen LogP contribution < -0.4 is 10.6 Å². The molecule has 10 heteroatoms. The number of benzene rings is 1. The van der Waals surface area contributed by atoms with Gasteiger partial charge in [-0.2, -0.15) is 4.98 Å². The van der Waals surface area contributed by atoms with Gasteiger partial charge in [-0.05, 0) is 43.5 Å². The van der Waals surface area contributed by atoms with Crippen molar-refractivity contribution in [3.63, 3.8) is 0 Å². The fraction of sp³-hybridized carbons (Fsp3) is 0.290. The van der Waals surface area contributed by atoms with Crippen molar-refractivity contribution in [3.8, 4) is 16.9 Å². The number of amides is 1. The lowest BCUT2D eigenvalue weighted by atomic mass is 10.0. The van der Waals surface area contributed by atoms with E-state index in [2.05, 4.69) is 16.5 Å². The van der Waals surface area contributed by atoms with Gasteiger partial charge in [0.25, 0.3) is 0 Å². The van der Waals surface area contributed by atoms with Crippen LogP contribution in [0.4, 0.5) is 5.82 Å². The van der Waals surface area contributed by atoms with E-state index in [1.165, 1.54) is 21.6 Å². The van der Waals surface area contributed by atoms with E-state index in [-0.39, 0.29) is 52.7 Å². The molecule has 0 aliphatic carbocycles. The van der Waals surface area contributed by atoms with E-state index in [1.807, 2.05) is 20.8 Å². The van der Waals surface area contributed by atoms with Crippen LogP contribution in [-0.4, -0.2) is 62.2 Å². The van der Waals surface area contributed by atoms with Crippen LogP contribution in [0.1, 0.15) is 51.0 Å². The van der Waals surface area contributed by atoms with Crippen LogP contribution in [0.2, 0.25) is 5.02 Å². The lowest BCUT2D eigenvalue weighted by Crippen LogP contribution is -2.54. The van der Waals surface area contributed by atoms with Crippen LogP contribution in [0.5, 0.6) is 0 Å². The van der Waals surface area contributed by atoms with E-state index >= 15 is 0 Å². The molecule has 4 aromatic rings. The molecule has 1 aliphatic heterocycles. The van der Waals surface area contributed by atoms with Gasteiger partial charge < -0.3 is 9.80 Å². The lowest BCUT2D eigenvalue weighted by molar-refractivity contribution is -0.126. The Morgan fingerprint density at radius 1 is 1.24 bits per heavy atom. The number of piperazine rings is 1. The maximum Gasteiger partial charge on any atom is 0.355 e. The number of anilines is 1. The highest BCUT2D eigenvalue weighted by molar-refractivity contribution is 6.34. The van der Waals surface area contributed by atoms with Gasteiger partial charge in [-0.25, -0.2) is 14.3 Å². The first-order valence-corrected chi connectivity index (χ1v) is 13.6. The van der Waals surface area contributed by atoms with Crippen LogP contribution in [-0.2, 0) is 4.79 Å². The number of carbonyl (C=O) groups excluding carboxylic acids is 2. The van der Waals surface area contributed by atoms with Crippen LogP contribution in [0.15, 0.2) is 60.0 Å². The van der Waals surface area contributed by atoms with Crippen molar-refractivity contribution >= 4 is 40.6 Å². The Labute approximate surface area is 245 Å². The molecular formula is C31H31ClN6O3. The van der Waals surface area contributed by atoms with Gasteiger partial charge in [0.2, 0.25) is 5.91 Å². The Hall–Kier alpha value is -4.37. The quantitative estimate of drug-likeness (QED) is 0.238. The molecule has 0 saturated carbocycles. The largest absolute Gasteiger partial charge is 0.355 e. The Morgan fingerprint density at radius 3 is 2.68 bits per heavy atom. The molecule has 1 fully saturated rings. The molecule has 210 valence electrons. The van der Waals surface area contributed by atoms with Gasteiger partial charge >= 0.3 is 5.69 Å². The molecule has 0 spiro atoms. The zero-order valence-corrected chi connectivity index (χ0v) is 24.1.